The largest absolute Gasteiger partial charge is 0.329 e. The molecule has 0 heterocycles. The lowest BCUT2D eigenvalue weighted by molar-refractivity contribution is 0.0576. The first kappa shape index (κ1) is 16.5. The maximum atomic E-state index is 6.21. The minimum atomic E-state index is 0.209. The summed E-state index contributed by atoms with van der Waals surface area (Å²) < 4.78 is 0. The van der Waals surface area contributed by atoms with E-state index in [1.54, 1.807) is 0 Å². The number of hydrogen-bond donors (Lipinski definition) is 1. The fraction of sp³-hybridized carbons (Fsp3) is 0.684. The van der Waals surface area contributed by atoms with E-state index in [-0.39, 0.29) is 5.54 Å². The van der Waals surface area contributed by atoms with Crippen molar-refractivity contribution in [2.24, 2.45) is 11.7 Å². The van der Waals surface area contributed by atoms with Gasteiger partial charge in [0.1, 0.15) is 0 Å². The zero-order valence-corrected chi connectivity index (χ0v) is 14.3. The zero-order chi connectivity index (χ0) is 15.5. The highest BCUT2D eigenvalue weighted by molar-refractivity contribution is 5.33. The van der Waals surface area contributed by atoms with E-state index in [9.17, 15) is 0 Å². The van der Waals surface area contributed by atoms with Gasteiger partial charge in [-0.15, -0.1) is 0 Å². The average molecular weight is 288 g/mol. The molecule has 2 N–H and O–H groups in total. The lowest BCUT2D eigenvalue weighted by Gasteiger charge is -2.46. The molecule has 0 amide bonds. The van der Waals surface area contributed by atoms with Gasteiger partial charge >= 0.3 is 0 Å². The summed E-state index contributed by atoms with van der Waals surface area (Å²) in [5.41, 5.74) is 10.7. The van der Waals surface area contributed by atoms with Crippen LogP contribution in [0.25, 0.3) is 0 Å². The molecular weight excluding hydrogens is 256 g/mol. The van der Waals surface area contributed by atoms with Gasteiger partial charge in [0.05, 0.1) is 0 Å². The summed E-state index contributed by atoms with van der Waals surface area (Å²) in [6.45, 7) is 8.57. The molecular formula is C19H32N2. The number of nitrogens with zero attached hydrogens (tertiary/aromatic N) is 1. The second-order valence-corrected chi connectivity index (χ2v) is 7.01. The Morgan fingerprint density at radius 1 is 1.19 bits per heavy atom. The quantitative estimate of drug-likeness (QED) is 0.886. The van der Waals surface area contributed by atoms with Crippen molar-refractivity contribution in [3.05, 3.63) is 34.9 Å². The van der Waals surface area contributed by atoms with Crippen molar-refractivity contribution in [1.82, 2.24) is 4.90 Å². The van der Waals surface area contributed by atoms with Gasteiger partial charge in [-0.3, -0.25) is 4.90 Å². The third-order valence-corrected chi connectivity index (χ3v) is 5.84. The second-order valence-electron chi connectivity index (χ2n) is 7.01. The van der Waals surface area contributed by atoms with Gasteiger partial charge in [-0.1, -0.05) is 31.5 Å². The van der Waals surface area contributed by atoms with E-state index >= 15 is 0 Å². The molecule has 1 aliphatic carbocycles. The molecule has 2 rings (SSSR count). The molecule has 0 radical (unpaired) electrons. The minimum Gasteiger partial charge on any atom is -0.329 e. The van der Waals surface area contributed by atoms with Crippen LogP contribution in [0.3, 0.4) is 0 Å². The summed E-state index contributed by atoms with van der Waals surface area (Å²) in [5, 5.41) is 0. The van der Waals surface area contributed by atoms with Crippen LogP contribution in [0.5, 0.6) is 0 Å². The maximum Gasteiger partial charge on any atom is 0.0332 e. The van der Waals surface area contributed by atoms with Crippen molar-refractivity contribution in [2.45, 2.75) is 65.0 Å². The Morgan fingerprint density at radius 2 is 1.76 bits per heavy atom. The molecule has 0 bridgehead atoms. The molecule has 2 heteroatoms. The highest BCUT2D eigenvalue weighted by atomic mass is 15.2. The summed E-state index contributed by atoms with van der Waals surface area (Å²) in [7, 11) is 2.27. The van der Waals surface area contributed by atoms with Crippen molar-refractivity contribution in [3.63, 3.8) is 0 Å². The average Bonchev–Trinajstić information content (AvgIpc) is 2.51. The summed E-state index contributed by atoms with van der Waals surface area (Å²) in [5.74, 6) is 0.915. The third kappa shape index (κ3) is 3.49. The van der Waals surface area contributed by atoms with Crippen molar-refractivity contribution >= 4 is 0 Å². The fourth-order valence-corrected chi connectivity index (χ4v) is 3.87. The van der Waals surface area contributed by atoms with Gasteiger partial charge < -0.3 is 5.73 Å². The van der Waals surface area contributed by atoms with Crippen LogP contribution >= 0.6 is 0 Å². The Bertz CT molecular complexity index is 438. The highest BCUT2D eigenvalue weighted by Crippen LogP contribution is 2.37. The molecule has 1 saturated carbocycles. The number of likely N-dealkylation sites (N-methyl/N-ethyl adjacent to an activating group) is 1. The molecule has 21 heavy (non-hydrogen) atoms. The zero-order valence-electron chi connectivity index (χ0n) is 14.3. The van der Waals surface area contributed by atoms with Gasteiger partial charge in [-0.25, -0.2) is 0 Å². The Morgan fingerprint density at radius 3 is 2.24 bits per heavy atom. The van der Waals surface area contributed by atoms with Crippen LogP contribution in [-0.4, -0.2) is 24.0 Å². The van der Waals surface area contributed by atoms with Crippen LogP contribution in [0.15, 0.2) is 18.2 Å². The molecule has 0 saturated heterocycles. The monoisotopic (exact) mass is 288 g/mol. The van der Waals surface area contributed by atoms with Gasteiger partial charge in [0.15, 0.2) is 0 Å². The normalized spacial score (nSPS) is 26.3. The molecule has 0 aliphatic heterocycles. The van der Waals surface area contributed by atoms with Crippen molar-refractivity contribution < 1.29 is 0 Å². The lowest BCUT2D eigenvalue weighted by atomic mass is 9.74. The number of rotatable bonds is 5. The first-order valence-corrected chi connectivity index (χ1v) is 8.49. The van der Waals surface area contributed by atoms with Crippen LogP contribution in [0, 0.1) is 19.8 Å². The standard InChI is InChI=1S/C19H32N2/c1-5-17-9-11-19(14-20,12-10-17)21(4)13-18-15(2)7-6-8-16(18)3/h6-8,17H,5,9-14,20H2,1-4H3. The van der Waals surface area contributed by atoms with Crippen LogP contribution in [0.4, 0.5) is 0 Å². The SMILES string of the molecule is CCC1CCC(CN)(N(C)Cc2c(C)cccc2C)CC1. The molecule has 1 aromatic rings. The Hall–Kier alpha value is -0.860. The summed E-state index contributed by atoms with van der Waals surface area (Å²) >= 11 is 0. The maximum absolute atomic E-state index is 6.21. The van der Waals surface area contributed by atoms with E-state index in [4.69, 9.17) is 5.73 Å². The first-order valence-electron chi connectivity index (χ1n) is 8.49. The van der Waals surface area contributed by atoms with Crippen molar-refractivity contribution in [2.75, 3.05) is 13.6 Å². The van der Waals surface area contributed by atoms with E-state index in [0.29, 0.717) is 0 Å². The Kier molecular flexibility index (Phi) is 5.45. The summed E-state index contributed by atoms with van der Waals surface area (Å²) in [6.07, 6.45) is 6.50. The summed E-state index contributed by atoms with van der Waals surface area (Å²) in [6, 6.07) is 6.60. The third-order valence-electron chi connectivity index (χ3n) is 5.84. The smallest absolute Gasteiger partial charge is 0.0332 e. The van der Waals surface area contributed by atoms with E-state index in [1.165, 1.54) is 48.8 Å². The number of hydrogen-bond acceptors (Lipinski definition) is 2. The predicted molar refractivity (Wildman–Crippen MR) is 91.4 cm³/mol. The molecule has 1 aliphatic rings. The van der Waals surface area contributed by atoms with Crippen LogP contribution in [0.1, 0.15) is 55.7 Å². The molecule has 2 nitrogen and oxygen atoms in total. The number of nitrogens with two attached hydrogens (primary N) is 1. The fourth-order valence-electron chi connectivity index (χ4n) is 3.87. The number of benzene rings is 1. The van der Waals surface area contributed by atoms with Gasteiger partial charge in [-0.2, -0.15) is 0 Å². The topological polar surface area (TPSA) is 29.3 Å². The minimum absolute atomic E-state index is 0.209. The van der Waals surface area contributed by atoms with Crippen molar-refractivity contribution in [1.29, 1.82) is 0 Å². The van der Waals surface area contributed by atoms with Crippen molar-refractivity contribution in [3.8, 4) is 0 Å². The first-order chi connectivity index (χ1) is 10.0. The van der Waals surface area contributed by atoms with Crippen LogP contribution in [-0.2, 0) is 6.54 Å². The Labute approximate surface area is 130 Å². The molecule has 0 spiro atoms. The highest BCUT2D eigenvalue weighted by Gasteiger charge is 2.37. The molecule has 1 aromatic carbocycles. The number of aryl methyl sites for hydroxylation is 2. The lowest BCUT2D eigenvalue weighted by Crippen LogP contribution is -2.53. The molecule has 0 atom stereocenters. The molecule has 0 aromatic heterocycles. The van der Waals surface area contributed by atoms with Gasteiger partial charge in [-0.05, 0) is 69.2 Å². The van der Waals surface area contributed by atoms with E-state index in [2.05, 4.69) is 50.9 Å². The molecule has 118 valence electrons. The van der Waals surface area contributed by atoms with Gasteiger partial charge in [0.25, 0.3) is 0 Å². The Balaban J connectivity index is 2.12. The van der Waals surface area contributed by atoms with Gasteiger partial charge in [0, 0.05) is 18.6 Å². The molecule has 1 fully saturated rings. The van der Waals surface area contributed by atoms with E-state index in [0.717, 1.165) is 19.0 Å². The van der Waals surface area contributed by atoms with E-state index in [1.807, 2.05) is 0 Å². The second kappa shape index (κ2) is 6.93. The van der Waals surface area contributed by atoms with Crippen LogP contribution in [0.2, 0.25) is 0 Å². The van der Waals surface area contributed by atoms with Crippen LogP contribution < -0.4 is 5.73 Å². The molecule has 0 unspecified atom stereocenters. The van der Waals surface area contributed by atoms with Gasteiger partial charge in [0.2, 0.25) is 0 Å². The van der Waals surface area contributed by atoms with E-state index < -0.39 is 0 Å². The predicted octanol–water partition coefficient (Wildman–Crippen LogP) is 4.03. The summed E-state index contributed by atoms with van der Waals surface area (Å²) in [4.78, 5) is 2.54.